The summed E-state index contributed by atoms with van der Waals surface area (Å²) in [6, 6.07) is 9.74. The Balaban J connectivity index is 2.43. The Kier molecular flexibility index (Phi) is 4.39. The SMILES string of the molecule is CCN(CC)c1ccc(C2=C(C#N)C(=S)N(C)C2=O)cc1. The highest BCUT2D eigenvalue weighted by Crippen LogP contribution is 2.30. The molecule has 1 aliphatic rings. The highest BCUT2D eigenvalue weighted by Gasteiger charge is 2.33. The number of carbonyl (C=O) groups excluding carboxylic acids is 1. The van der Waals surface area contributed by atoms with Gasteiger partial charge in [-0.15, -0.1) is 0 Å². The van der Waals surface area contributed by atoms with Crippen LogP contribution < -0.4 is 4.90 Å². The molecule has 0 aromatic heterocycles. The van der Waals surface area contributed by atoms with Gasteiger partial charge in [-0.2, -0.15) is 5.26 Å². The van der Waals surface area contributed by atoms with E-state index < -0.39 is 0 Å². The molecule has 1 aromatic rings. The van der Waals surface area contributed by atoms with E-state index in [1.54, 1.807) is 7.05 Å². The van der Waals surface area contributed by atoms with Crippen molar-refractivity contribution in [3.8, 4) is 6.07 Å². The number of thiocarbonyl (C=S) groups is 1. The van der Waals surface area contributed by atoms with Crippen molar-refractivity contribution in [1.82, 2.24) is 4.90 Å². The minimum atomic E-state index is -0.216. The van der Waals surface area contributed by atoms with E-state index in [1.807, 2.05) is 30.3 Å². The molecular formula is C16H17N3OS. The van der Waals surface area contributed by atoms with Crippen molar-refractivity contribution in [3.05, 3.63) is 35.4 Å². The Morgan fingerprint density at radius 1 is 1.24 bits per heavy atom. The van der Waals surface area contributed by atoms with Gasteiger partial charge in [0.2, 0.25) is 0 Å². The monoisotopic (exact) mass is 299 g/mol. The highest BCUT2D eigenvalue weighted by molar-refractivity contribution is 7.80. The molecule has 108 valence electrons. The van der Waals surface area contributed by atoms with Gasteiger partial charge in [0, 0.05) is 25.8 Å². The molecule has 2 rings (SSSR count). The van der Waals surface area contributed by atoms with Crippen LogP contribution in [0.5, 0.6) is 0 Å². The number of hydrogen-bond acceptors (Lipinski definition) is 4. The quantitative estimate of drug-likeness (QED) is 0.802. The Morgan fingerprint density at radius 3 is 2.29 bits per heavy atom. The molecule has 0 atom stereocenters. The van der Waals surface area contributed by atoms with Crippen LogP contribution >= 0.6 is 12.2 Å². The molecule has 0 spiro atoms. The van der Waals surface area contributed by atoms with Crippen LogP contribution in [0, 0.1) is 11.3 Å². The lowest BCUT2D eigenvalue weighted by molar-refractivity contribution is -0.120. The van der Waals surface area contributed by atoms with Crippen LogP contribution in [0.2, 0.25) is 0 Å². The number of likely N-dealkylation sites (N-methyl/N-ethyl adjacent to an activating group) is 1. The zero-order valence-electron chi connectivity index (χ0n) is 12.4. The third-order valence-electron chi connectivity index (χ3n) is 3.68. The normalized spacial score (nSPS) is 14.7. The van der Waals surface area contributed by atoms with Gasteiger partial charge in [0.05, 0.1) is 5.57 Å². The summed E-state index contributed by atoms with van der Waals surface area (Å²) < 4.78 is 0. The predicted octanol–water partition coefficient (Wildman–Crippen LogP) is 2.61. The number of anilines is 1. The molecular weight excluding hydrogens is 282 g/mol. The summed E-state index contributed by atoms with van der Waals surface area (Å²) in [5.41, 5.74) is 2.52. The highest BCUT2D eigenvalue weighted by atomic mass is 32.1. The molecule has 4 nitrogen and oxygen atoms in total. The molecule has 0 unspecified atom stereocenters. The number of nitrogens with zero attached hydrogens (tertiary/aromatic N) is 3. The number of benzene rings is 1. The van der Waals surface area contributed by atoms with E-state index in [0.29, 0.717) is 10.6 Å². The molecule has 0 N–H and O–H groups in total. The molecule has 0 bridgehead atoms. The maximum atomic E-state index is 12.2. The molecule has 0 radical (unpaired) electrons. The topological polar surface area (TPSA) is 47.3 Å². The third-order valence-corrected chi connectivity index (χ3v) is 4.16. The van der Waals surface area contributed by atoms with Gasteiger partial charge in [-0.25, -0.2) is 0 Å². The van der Waals surface area contributed by atoms with Crippen LogP contribution in [0.3, 0.4) is 0 Å². The smallest absolute Gasteiger partial charge is 0.260 e. The van der Waals surface area contributed by atoms with Crippen LogP contribution in [0.4, 0.5) is 5.69 Å². The summed E-state index contributed by atoms with van der Waals surface area (Å²) in [5, 5.41) is 9.24. The molecule has 5 heteroatoms. The van der Waals surface area contributed by atoms with Crippen LogP contribution in [-0.4, -0.2) is 35.9 Å². The molecule has 21 heavy (non-hydrogen) atoms. The van der Waals surface area contributed by atoms with Gasteiger partial charge < -0.3 is 9.80 Å². The lowest BCUT2D eigenvalue weighted by Gasteiger charge is -2.21. The first-order chi connectivity index (χ1) is 10.0. The lowest BCUT2D eigenvalue weighted by atomic mass is 10.0. The van der Waals surface area contributed by atoms with E-state index >= 15 is 0 Å². The average molecular weight is 299 g/mol. The summed E-state index contributed by atoms with van der Waals surface area (Å²) in [4.78, 5) is 16.1. The van der Waals surface area contributed by atoms with Crippen molar-refractivity contribution in [2.75, 3.05) is 25.0 Å². The number of amides is 1. The first kappa shape index (κ1) is 15.2. The molecule has 0 saturated heterocycles. The van der Waals surface area contributed by atoms with Gasteiger partial charge in [-0.05, 0) is 31.5 Å². The Labute approximate surface area is 130 Å². The number of nitriles is 1. The van der Waals surface area contributed by atoms with Gasteiger partial charge in [0.15, 0.2) is 0 Å². The lowest BCUT2D eigenvalue weighted by Crippen LogP contribution is -2.25. The minimum Gasteiger partial charge on any atom is -0.372 e. The van der Waals surface area contributed by atoms with E-state index in [9.17, 15) is 10.1 Å². The van der Waals surface area contributed by atoms with Crippen LogP contribution in [0.15, 0.2) is 29.8 Å². The Hall–Kier alpha value is -2.19. The van der Waals surface area contributed by atoms with Crippen LogP contribution in [0.25, 0.3) is 5.57 Å². The van der Waals surface area contributed by atoms with Gasteiger partial charge in [0.1, 0.15) is 16.6 Å². The van der Waals surface area contributed by atoms with E-state index in [1.165, 1.54) is 4.90 Å². The first-order valence-electron chi connectivity index (χ1n) is 6.87. The van der Waals surface area contributed by atoms with E-state index in [-0.39, 0.29) is 11.5 Å². The van der Waals surface area contributed by atoms with Crippen molar-refractivity contribution >= 4 is 34.4 Å². The van der Waals surface area contributed by atoms with E-state index in [2.05, 4.69) is 18.7 Å². The zero-order valence-corrected chi connectivity index (χ0v) is 13.2. The van der Waals surface area contributed by atoms with Gasteiger partial charge >= 0.3 is 0 Å². The fourth-order valence-corrected chi connectivity index (χ4v) is 2.67. The Bertz CT molecular complexity index is 651. The van der Waals surface area contributed by atoms with Crippen LogP contribution in [-0.2, 0) is 4.79 Å². The second-order valence-corrected chi connectivity index (χ2v) is 5.14. The standard InChI is InChI=1S/C16H17N3OS/c1-4-19(5-2)12-8-6-11(7-9-12)14-13(10-17)16(21)18(3)15(14)20/h6-9H,4-5H2,1-3H3. The van der Waals surface area contributed by atoms with Crippen molar-refractivity contribution in [3.63, 3.8) is 0 Å². The minimum absolute atomic E-state index is 0.216. The summed E-state index contributed by atoms with van der Waals surface area (Å²) in [6.45, 7) is 6.05. The molecule has 1 amide bonds. The van der Waals surface area contributed by atoms with E-state index in [4.69, 9.17) is 12.2 Å². The molecule has 1 aliphatic heterocycles. The third kappa shape index (κ3) is 2.55. The van der Waals surface area contributed by atoms with Gasteiger partial charge in [0.25, 0.3) is 5.91 Å². The van der Waals surface area contributed by atoms with Crippen molar-refractivity contribution in [2.24, 2.45) is 0 Å². The van der Waals surface area contributed by atoms with Crippen LogP contribution in [0.1, 0.15) is 19.4 Å². The number of rotatable bonds is 4. The molecule has 0 saturated carbocycles. The second-order valence-electron chi connectivity index (χ2n) is 4.75. The fraction of sp³-hybridized carbons (Fsp3) is 0.312. The van der Waals surface area contributed by atoms with Gasteiger partial charge in [-0.3, -0.25) is 4.79 Å². The molecule has 0 fully saturated rings. The maximum absolute atomic E-state index is 12.2. The largest absolute Gasteiger partial charge is 0.372 e. The first-order valence-corrected chi connectivity index (χ1v) is 7.28. The summed E-state index contributed by atoms with van der Waals surface area (Å²) in [6.07, 6.45) is 0. The molecule has 1 heterocycles. The molecule has 0 aliphatic carbocycles. The van der Waals surface area contributed by atoms with Crippen molar-refractivity contribution in [2.45, 2.75) is 13.8 Å². The zero-order chi connectivity index (χ0) is 15.6. The second kappa shape index (κ2) is 6.06. The van der Waals surface area contributed by atoms with E-state index in [0.717, 1.165) is 24.3 Å². The number of hydrogen-bond donors (Lipinski definition) is 0. The maximum Gasteiger partial charge on any atom is 0.260 e. The number of carbonyl (C=O) groups is 1. The summed E-state index contributed by atoms with van der Waals surface area (Å²) in [5.74, 6) is -0.216. The average Bonchev–Trinajstić information content (AvgIpc) is 2.73. The van der Waals surface area contributed by atoms with Gasteiger partial charge in [-0.1, -0.05) is 24.4 Å². The summed E-state index contributed by atoms with van der Waals surface area (Å²) >= 11 is 5.14. The molecule has 1 aromatic carbocycles. The fourth-order valence-electron chi connectivity index (χ4n) is 2.44. The van der Waals surface area contributed by atoms with Crippen molar-refractivity contribution in [1.29, 1.82) is 5.26 Å². The Morgan fingerprint density at radius 2 is 1.81 bits per heavy atom. The van der Waals surface area contributed by atoms with Crippen molar-refractivity contribution < 1.29 is 4.79 Å². The summed E-state index contributed by atoms with van der Waals surface area (Å²) in [7, 11) is 1.60. The predicted molar refractivity (Wildman–Crippen MR) is 87.9 cm³/mol.